The van der Waals surface area contributed by atoms with Crippen molar-refractivity contribution in [3.8, 4) is 0 Å². The van der Waals surface area contributed by atoms with E-state index in [2.05, 4.69) is 52.3 Å². The predicted molar refractivity (Wildman–Crippen MR) is 157 cm³/mol. The highest BCUT2D eigenvalue weighted by Crippen LogP contribution is 2.20. The van der Waals surface area contributed by atoms with Crippen LogP contribution in [0.2, 0.25) is 0 Å². The maximum absolute atomic E-state index is 5.69. The molecule has 0 aliphatic heterocycles. The summed E-state index contributed by atoms with van der Waals surface area (Å²) < 4.78 is 5.65. The SMILES string of the molecule is Cc1ccc(CCNc2nc(N(C)C)nc(N(C)CCc3ccc(CCN(C)c4nc(N)nc(N)n4)s3)n2)o1. The molecule has 0 aromatic carbocycles. The summed E-state index contributed by atoms with van der Waals surface area (Å²) in [6.45, 7) is 4.10. The third-order valence-electron chi connectivity index (χ3n) is 5.91. The number of nitrogens with two attached hydrogens (primary N) is 2. The number of hydrogen-bond donors (Lipinski definition) is 3. The molecule has 5 N–H and O–H groups in total. The van der Waals surface area contributed by atoms with Crippen LogP contribution >= 0.6 is 11.3 Å². The molecule has 0 amide bonds. The smallest absolute Gasteiger partial charge is 0.231 e. The van der Waals surface area contributed by atoms with Crippen LogP contribution < -0.4 is 31.5 Å². The summed E-state index contributed by atoms with van der Waals surface area (Å²) in [6.07, 6.45) is 2.48. The van der Waals surface area contributed by atoms with Crippen molar-refractivity contribution in [3.05, 3.63) is 45.5 Å². The molecule has 4 aromatic heterocycles. The highest BCUT2D eigenvalue weighted by Gasteiger charge is 2.13. The van der Waals surface area contributed by atoms with Crippen LogP contribution in [0.3, 0.4) is 0 Å². The van der Waals surface area contributed by atoms with Crippen molar-refractivity contribution in [2.24, 2.45) is 0 Å². The first kappa shape index (κ1) is 27.8. The molecule has 0 saturated heterocycles. The molecule has 0 unspecified atom stereocenters. The van der Waals surface area contributed by atoms with Gasteiger partial charge in [-0.05, 0) is 44.0 Å². The average Bonchev–Trinajstić information content (AvgIpc) is 3.53. The first-order chi connectivity index (χ1) is 18.7. The van der Waals surface area contributed by atoms with Crippen LogP contribution in [0.5, 0.6) is 0 Å². The van der Waals surface area contributed by atoms with Crippen LogP contribution in [0.4, 0.5) is 35.7 Å². The van der Waals surface area contributed by atoms with Gasteiger partial charge in [0.25, 0.3) is 0 Å². The summed E-state index contributed by atoms with van der Waals surface area (Å²) >= 11 is 1.80. The monoisotopic (exact) mass is 552 g/mol. The lowest BCUT2D eigenvalue weighted by molar-refractivity contribution is 0.486. The highest BCUT2D eigenvalue weighted by molar-refractivity contribution is 7.12. The molecule has 0 saturated carbocycles. The minimum Gasteiger partial charge on any atom is -0.466 e. The number of aromatic nitrogens is 6. The fraction of sp³-hybridized carbons (Fsp3) is 0.440. The fourth-order valence-corrected chi connectivity index (χ4v) is 4.73. The van der Waals surface area contributed by atoms with Crippen molar-refractivity contribution in [2.45, 2.75) is 26.2 Å². The van der Waals surface area contributed by atoms with E-state index in [1.165, 1.54) is 9.75 Å². The number of nitrogens with one attached hydrogen (secondary N) is 1. The molecule has 0 fully saturated rings. The lowest BCUT2D eigenvalue weighted by atomic mass is 10.3. The van der Waals surface area contributed by atoms with Crippen molar-refractivity contribution in [3.63, 3.8) is 0 Å². The van der Waals surface area contributed by atoms with E-state index < -0.39 is 0 Å². The number of likely N-dealkylation sites (N-methyl/N-ethyl adjacent to an activating group) is 2. The van der Waals surface area contributed by atoms with Crippen molar-refractivity contribution >= 4 is 47.0 Å². The van der Waals surface area contributed by atoms with E-state index in [9.17, 15) is 0 Å². The molecule has 0 radical (unpaired) electrons. The lowest BCUT2D eigenvalue weighted by Crippen LogP contribution is -2.25. The Morgan fingerprint density at radius 3 is 1.90 bits per heavy atom. The molecule has 208 valence electrons. The van der Waals surface area contributed by atoms with E-state index in [1.807, 2.05) is 57.0 Å². The van der Waals surface area contributed by atoms with Gasteiger partial charge in [0.1, 0.15) is 11.5 Å². The first-order valence-corrected chi connectivity index (χ1v) is 13.5. The molecule has 0 aliphatic rings. The van der Waals surface area contributed by atoms with Gasteiger partial charge >= 0.3 is 0 Å². The standard InChI is InChI=1S/C25H36N12OS/c1-16-6-7-17(38-16)10-13-28-22-32-23(35(2)3)34-25(33-22)37(5)15-12-19-9-8-18(39-19)11-14-36(4)24-30-20(26)29-21(27)31-24/h6-9H,10-15H2,1-5H3,(H,28,32,33,34)(H4,26,27,29,30,31). The number of hydrogen-bond acceptors (Lipinski definition) is 14. The maximum Gasteiger partial charge on any atom is 0.231 e. The Morgan fingerprint density at radius 1 is 0.744 bits per heavy atom. The quantitative estimate of drug-likeness (QED) is 0.221. The second-order valence-corrected chi connectivity index (χ2v) is 10.7. The van der Waals surface area contributed by atoms with Crippen LogP contribution in [0.25, 0.3) is 0 Å². The van der Waals surface area contributed by atoms with Gasteiger partial charge in [0.15, 0.2) is 0 Å². The molecule has 14 heteroatoms. The van der Waals surface area contributed by atoms with Gasteiger partial charge in [-0.1, -0.05) is 0 Å². The largest absolute Gasteiger partial charge is 0.466 e. The number of thiophene rings is 1. The summed E-state index contributed by atoms with van der Waals surface area (Å²) in [5, 5.41) is 3.31. The number of anilines is 6. The Bertz CT molecular complexity index is 1350. The predicted octanol–water partition coefficient (Wildman–Crippen LogP) is 2.26. The Morgan fingerprint density at radius 2 is 1.33 bits per heavy atom. The molecule has 4 rings (SSSR count). The fourth-order valence-electron chi connectivity index (χ4n) is 3.74. The van der Waals surface area contributed by atoms with Gasteiger partial charge in [-0.3, -0.25) is 0 Å². The molecule has 13 nitrogen and oxygen atoms in total. The zero-order valence-corrected chi connectivity index (χ0v) is 23.9. The van der Waals surface area contributed by atoms with Crippen LogP contribution in [0.15, 0.2) is 28.7 Å². The number of nitrogen functional groups attached to an aromatic ring is 2. The molecular formula is C25H36N12OS. The molecule has 4 heterocycles. The van der Waals surface area contributed by atoms with Crippen LogP contribution in [0.1, 0.15) is 21.3 Å². The van der Waals surface area contributed by atoms with E-state index in [1.54, 1.807) is 11.3 Å². The molecule has 4 aromatic rings. The van der Waals surface area contributed by atoms with Gasteiger partial charge in [-0.25, -0.2) is 0 Å². The van der Waals surface area contributed by atoms with Crippen molar-refractivity contribution in [1.82, 2.24) is 29.9 Å². The molecule has 0 atom stereocenters. The Balaban J connectivity index is 1.31. The average molecular weight is 553 g/mol. The normalized spacial score (nSPS) is 11.0. The van der Waals surface area contributed by atoms with Crippen molar-refractivity contribution in [1.29, 1.82) is 0 Å². The molecular weight excluding hydrogens is 516 g/mol. The van der Waals surface area contributed by atoms with E-state index in [0.717, 1.165) is 43.9 Å². The first-order valence-electron chi connectivity index (χ1n) is 12.7. The van der Waals surface area contributed by atoms with E-state index in [-0.39, 0.29) is 11.9 Å². The maximum atomic E-state index is 5.69. The third kappa shape index (κ3) is 7.89. The second kappa shape index (κ2) is 12.6. The van der Waals surface area contributed by atoms with E-state index in [4.69, 9.17) is 15.9 Å². The van der Waals surface area contributed by atoms with Crippen LogP contribution in [-0.2, 0) is 19.3 Å². The van der Waals surface area contributed by atoms with Gasteiger partial charge in [0.2, 0.25) is 35.7 Å². The summed E-state index contributed by atoms with van der Waals surface area (Å²) in [5.41, 5.74) is 11.4. The molecule has 39 heavy (non-hydrogen) atoms. The minimum atomic E-state index is 0.120. The molecule has 0 spiro atoms. The molecule has 0 bridgehead atoms. The van der Waals surface area contributed by atoms with Gasteiger partial charge in [0, 0.05) is 64.0 Å². The number of aryl methyl sites for hydroxylation is 1. The van der Waals surface area contributed by atoms with Crippen LogP contribution in [-0.4, -0.2) is 77.7 Å². The lowest BCUT2D eigenvalue weighted by Gasteiger charge is -2.20. The van der Waals surface area contributed by atoms with Crippen molar-refractivity contribution < 1.29 is 4.42 Å². The van der Waals surface area contributed by atoms with Gasteiger partial charge in [0.05, 0.1) is 0 Å². The summed E-state index contributed by atoms with van der Waals surface area (Å²) in [6, 6.07) is 8.30. The van der Waals surface area contributed by atoms with Gasteiger partial charge < -0.3 is 35.9 Å². The summed E-state index contributed by atoms with van der Waals surface area (Å²) in [4.78, 5) is 34.4. The van der Waals surface area contributed by atoms with E-state index in [0.29, 0.717) is 30.3 Å². The third-order valence-corrected chi connectivity index (χ3v) is 7.11. The van der Waals surface area contributed by atoms with Crippen LogP contribution in [0, 0.1) is 6.92 Å². The highest BCUT2D eigenvalue weighted by atomic mass is 32.1. The number of nitrogens with zero attached hydrogens (tertiary/aromatic N) is 9. The minimum absolute atomic E-state index is 0.120. The Hall–Kier alpha value is -4.20. The summed E-state index contributed by atoms with van der Waals surface area (Å²) in [5.74, 6) is 4.32. The number of rotatable bonds is 13. The topological polar surface area (TPSA) is 164 Å². The summed E-state index contributed by atoms with van der Waals surface area (Å²) in [7, 11) is 7.75. The molecule has 0 aliphatic carbocycles. The van der Waals surface area contributed by atoms with Gasteiger partial charge in [-0.2, -0.15) is 29.9 Å². The zero-order valence-electron chi connectivity index (χ0n) is 23.0. The zero-order chi connectivity index (χ0) is 27.9. The second-order valence-electron chi connectivity index (χ2n) is 9.41. The number of furan rings is 1. The van der Waals surface area contributed by atoms with Crippen molar-refractivity contribution in [2.75, 3.05) is 79.3 Å². The Kier molecular flexibility index (Phi) is 8.96. The van der Waals surface area contributed by atoms with E-state index >= 15 is 0 Å². The van der Waals surface area contributed by atoms with Gasteiger partial charge in [-0.15, -0.1) is 11.3 Å². The Labute approximate surface area is 232 Å².